The molecule has 0 radical (unpaired) electrons. The SMILES string of the molecule is CC(Cn1c(Sc2nc3cccc(Cl)c3s2)nc2c(N)ncnc21)NS(=O)(=O)O. The van der Waals surface area contributed by atoms with Gasteiger partial charge < -0.3 is 10.3 Å². The zero-order valence-electron chi connectivity index (χ0n) is 14.8. The Morgan fingerprint density at radius 1 is 1.38 bits per heavy atom. The third-order valence-corrected chi connectivity index (χ3v) is 7.14. The molecule has 0 aliphatic carbocycles. The lowest BCUT2D eigenvalue weighted by Gasteiger charge is -2.14. The average molecular weight is 472 g/mol. The summed E-state index contributed by atoms with van der Waals surface area (Å²) in [7, 11) is -4.35. The average Bonchev–Trinajstić information content (AvgIpc) is 3.17. The fourth-order valence-corrected chi connectivity index (χ4v) is 5.68. The Balaban J connectivity index is 1.76. The maximum Gasteiger partial charge on any atom is 0.333 e. The second-order valence-corrected chi connectivity index (χ2v) is 9.91. The number of nitrogens with two attached hydrogens (primary N) is 1. The van der Waals surface area contributed by atoms with E-state index in [2.05, 4.69) is 24.7 Å². The number of rotatable bonds is 6. The Morgan fingerprint density at radius 2 is 2.17 bits per heavy atom. The number of imidazole rings is 1. The number of benzene rings is 1. The first-order valence-corrected chi connectivity index (χ1v) is 11.6. The Labute approximate surface area is 178 Å². The van der Waals surface area contributed by atoms with Gasteiger partial charge in [-0.25, -0.2) is 19.9 Å². The van der Waals surface area contributed by atoms with Gasteiger partial charge in [0.25, 0.3) is 0 Å². The highest BCUT2D eigenvalue weighted by atomic mass is 35.5. The van der Waals surface area contributed by atoms with Crippen molar-refractivity contribution < 1.29 is 13.0 Å². The highest BCUT2D eigenvalue weighted by Crippen LogP contribution is 2.38. The predicted molar refractivity (Wildman–Crippen MR) is 113 cm³/mol. The van der Waals surface area contributed by atoms with Gasteiger partial charge in [0.1, 0.15) is 6.33 Å². The van der Waals surface area contributed by atoms with Gasteiger partial charge in [-0.1, -0.05) is 17.7 Å². The summed E-state index contributed by atoms with van der Waals surface area (Å²) in [6.07, 6.45) is 1.31. The van der Waals surface area contributed by atoms with Crippen molar-refractivity contribution in [2.24, 2.45) is 0 Å². The van der Waals surface area contributed by atoms with Gasteiger partial charge in [0.05, 0.1) is 15.2 Å². The molecule has 4 N–H and O–H groups in total. The molecule has 0 saturated heterocycles. The lowest BCUT2D eigenvalue weighted by Crippen LogP contribution is -2.35. The third kappa shape index (κ3) is 4.29. The van der Waals surface area contributed by atoms with Crippen LogP contribution in [0.2, 0.25) is 5.02 Å². The molecule has 4 rings (SSSR count). The molecule has 1 aromatic carbocycles. The van der Waals surface area contributed by atoms with Crippen LogP contribution in [0.25, 0.3) is 21.4 Å². The van der Waals surface area contributed by atoms with Crippen molar-refractivity contribution >= 4 is 72.2 Å². The molecule has 0 aliphatic heterocycles. The first-order valence-electron chi connectivity index (χ1n) is 8.15. The lowest BCUT2D eigenvalue weighted by molar-refractivity contribution is 0.440. The van der Waals surface area contributed by atoms with Crippen molar-refractivity contribution in [2.75, 3.05) is 5.73 Å². The highest BCUT2D eigenvalue weighted by Gasteiger charge is 2.21. The predicted octanol–water partition coefficient (Wildman–Crippen LogP) is 2.60. The topological polar surface area (TPSA) is 149 Å². The van der Waals surface area contributed by atoms with Crippen LogP contribution in [-0.4, -0.2) is 43.5 Å². The summed E-state index contributed by atoms with van der Waals surface area (Å²) in [5.74, 6) is 0.207. The molecular formula is C15H14ClN7O3S3. The summed E-state index contributed by atoms with van der Waals surface area (Å²) in [5, 5.41) is 1.12. The van der Waals surface area contributed by atoms with Gasteiger partial charge in [0.15, 0.2) is 26.5 Å². The van der Waals surface area contributed by atoms with Crippen molar-refractivity contribution in [1.82, 2.24) is 29.2 Å². The highest BCUT2D eigenvalue weighted by molar-refractivity contribution is 8.01. The van der Waals surface area contributed by atoms with E-state index in [1.54, 1.807) is 17.6 Å². The van der Waals surface area contributed by atoms with Crippen LogP contribution >= 0.6 is 34.7 Å². The maximum absolute atomic E-state index is 11.1. The summed E-state index contributed by atoms with van der Waals surface area (Å²) in [6.45, 7) is 1.76. The number of hydrogen-bond acceptors (Lipinski definition) is 9. The van der Waals surface area contributed by atoms with Crippen molar-refractivity contribution in [2.45, 2.75) is 29.0 Å². The summed E-state index contributed by atoms with van der Waals surface area (Å²) >= 11 is 8.94. The summed E-state index contributed by atoms with van der Waals surface area (Å²) < 4.78 is 36.7. The summed E-state index contributed by atoms with van der Waals surface area (Å²) in [5.41, 5.74) is 7.54. The number of thiazole rings is 1. The summed E-state index contributed by atoms with van der Waals surface area (Å²) in [4.78, 5) is 17.3. The zero-order valence-corrected chi connectivity index (χ0v) is 18.0. The molecular weight excluding hydrogens is 458 g/mol. The largest absolute Gasteiger partial charge is 0.382 e. The van der Waals surface area contributed by atoms with E-state index >= 15 is 0 Å². The molecule has 4 aromatic rings. The molecule has 3 heterocycles. The number of nitrogens with zero attached hydrogens (tertiary/aromatic N) is 5. The monoisotopic (exact) mass is 471 g/mol. The van der Waals surface area contributed by atoms with E-state index in [1.807, 2.05) is 12.1 Å². The maximum atomic E-state index is 11.1. The van der Waals surface area contributed by atoms with Gasteiger partial charge in [-0.2, -0.15) is 13.1 Å². The number of nitrogens with one attached hydrogen (secondary N) is 1. The summed E-state index contributed by atoms with van der Waals surface area (Å²) in [6, 6.07) is 4.85. The number of aromatic nitrogens is 5. The molecule has 14 heteroatoms. The minimum Gasteiger partial charge on any atom is -0.382 e. The van der Waals surface area contributed by atoms with Gasteiger partial charge in [-0.15, -0.1) is 11.3 Å². The second kappa shape index (κ2) is 7.66. The molecule has 0 bridgehead atoms. The standard InChI is InChI=1S/C15H14ClN7O3S3/c1-7(22-29(24,25)26)5-23-13-10(12(17)18-6-19-13)21-14(23)28-15-20-9-4-2-3-8(16)11(9)27-15/h2-4,6-7,22H,5H2,1H3,(H2,17,18,19)(H,24,25,26). The van der Waals surface area contributed by atoms with E-state index in [0.29, 0.717) is 25.7 Å². The van der Waals surface area contributed by atoms with E-state index in [1.165, 1.54) is 29.4 Å². The normalized spacial score (nSPS) is 13.3. The van der Waals surface area contributed by atoms with E-state index < -0.39 is 16.3 Å². The van der Waals surface area contributed by atoms with Gasteiger partial charge in [-0.3, -0.25) is 4.55 Å². The van der Waals surface area contributed by atoms with E-state index in [4.69, 9.17) is 21.9 Å². The minimum atomic E-state index is -4.35. The molecule has 1 atom stereocenters. The molecule has 29 heavy (non-hydrogen) atoms. The number of anilines is 1. The van der Waals surface area contributed by atoms with Crippen LogP contribution in [0.1, 0.15) is 6.92 Å². The van der Waals surface area contributed by atoms with Crippen LogP contribution in [0.4, 0.5) is 5.82 Å². The minimum absolute atomic E-state index is 0.153. The van der Waals surface area contributed by atoms with Crippen molar-refractivity contribution in [3.05, 3.63) is 29.5 Å². The van der Waals surface area contributed by atoms with Crippen LogP contribution in [0.15, 0.2) is 34.0 Å². The van der Waals surface area contributed by atoms with Crippen LogP contribution < -0.4 is 10.5 Å². The third-order valence-electron chi connectivity index (χ3n) is 3.86. The second-order valence-electron chi connectivity index (χ2n) is 6.10. The zero-order chi connectivity index (χ0) is 20.8. The molecule has 3 aromatic heterocycles. The molecule has 0 spiro atoms. The number of halogens is 1. The smallest absolute Gasteiger partial charge is 0.333 e. The quantitative estimate of drug-likeness (QED) is 0.360. The Morgan fingerprint density at radius 3 is 2.90 bits per heavy atom. The Bertz CT molecular complexity index is 1320. The van der Waals surface area contributed by atoms with E-state index in [9.17, 15) is 8.42 Å². The molecule has 10 nitrogen and oxygen atoms in total. The van der Waals surface area contributed by atoms with Crippen molar-refractivity contribution in [3.8, 4) is 0 Å². The number of fused-ring (bicyclic) bond motifs is 2. The van der Waals surface area contributed by atoms with Gasteiger partial charge in [0.2, 0.25) is 0 Å². The Hall–Kier alpha value is -2.03. The van der Waals surface area contributed by atoms with Crippen LogP contribution in [0, 0.1) is 0 Å². The van der Waals surface area contributed by atoms with Crippen LogP contribution in [-0.2, 0) is 16.8 Å². The molecule has 1 unspecified atom stereocenters. The van der Waals surface area contributed by atoms with Gasteiger partial charge in [0, 0.05) is 12.6 Å². The van der Waals surface area contributed by atoms with Gasteiger partial charge >= 0.3 is 10.3 Å². The molecule has 0 fully saturated rings. The number of nitrogen functional groups attached to an aromatic ring is 1. The molecule has 0 saturated carbocycles. The lowest BCUT2D eigenvalue weighted by atomic mass is 10.3. The van der Waals surface area contributed by atoms with Crippen LogP contribution in [0.3, 0.4) is 0 Å². The van der Waals surface area contributed by atoms with Crippen LogP contribution in [0.5, 0.6) is 0 Å². The first-order chi connectivity index (χ1) is 13.7. The van der Waals surface area contributed by atoms with Gasteiger partial charge in [-0.05, 0) is 30.8 Å². The Kier molecular flexibility index (Phi) is 5.35. The van der Waals surface area contributed by atoms with E-state index in [-0.39, 0.29) is 12.4 Å². The fourth-order valence-electron chi connectivity index (χ4n) is 2.76. The fraction of sp³-hybridized carbons (Fsp3) is 0.200. The van der Waals surface area contributed by atoms with E-state index in [0.717, 1.165) is 10.2 Å². The molecule has 152 valence electrons. The number of hydrogen-bond donors (Lipinski definition) is 3. The van der Waals surface area contributed by atoms with Crippen molar-refractivity contribution in [1.29, 1.82) is 0 Å². The molecule has 0 amide bonds. The van der Waals surface area contributed by atoms with Crippen molar-refractivity contribution in [3.63, 3.8) is 0 Å². The first kappa shape index (κ1) is 20.3. The molecule has 0 aliphatic rings.